The quantitative estimate of drug-likeness (QED) is 0.607. The molecule has 0 aromatic heterocycles. The molecule has 0 N–H and O–H groups in total. The van der Waals surface area contributed by atoms with Crippen LogP contribution < -0.4 is 0 Å². The Balaban J connectivity index is 2.20. The zero-order valence-electron chi connectivity index (χ0n) is 15.8. The van der Waals surface area contributed by atoms with Crippen molar-refractivity contribution in [3.8, 4) is 0 Å². The standard InChI is InChI=1S/C19H25NO6/c1-19(2,3)26-18(23)20-11-14(10-15(20)17(22)25-5)12-6-8-13(9-7-12)16(21)24-4/h6-9,14-15H,10-11H2,1-5H3/t14-,15+/m1/s1. The maximum atomic E-state index is 12.5. The Morgan fingerprint density at radius 2 is 1.65 bits per heavy atom. The van der Waals surface area contributed by atoms with Gasteiger partial charge < -0.3 is 14.2 Å². The number of hydrogen-bond donors (Lipinski definition) is 0. The summed E-state index contributed by atoms with van der Waals surface area (Å²) < 4.78 is 14.9. The second kappa shape index (κ2) is 7.76. The minimum atomic E-state index is -0.694. The lowest BCUT2D eigenvalue weighted by atomic mass is 9.95. The number of benzene rings is 1. The maximum absolute atomic E-state index is 12.5. The van der Waals surface area contributed by atoms with Gasteiger partial charge in [-0.1, -0.05) is 12.1 Å². The van der Waals surface area contributed by atoms with E-state index >= 15 is 0 Å². The van der Waals surface area contributed by atoms with Crippen molar-refractivity contribution in [3.05, 3.63) is 35.4 Å². The third-order valence-corrected chi connectivity index (χ3v) is 4.21. The predicted octanol–water partition coefficient (Wildman–Crippen LogP) is 2.74. The van der Waals surface area contributed by atoms with Crippen LogP contribution in [-0.4, -0.2) is 55.3 Å². The predicted molar refractivity (Wildman–Crippen MR) is 93.9 cm³/mol. The molecule has 26 heavy (non-hydrogen) atoms. The molecule has 1 saturated heterocycles. The molecule has 1 aromatic rings. The lowest BCUT2D eigenvalue weighted by molar-refractivity contribution is -0.145. The van der Waals surface area contributed by atoms with Gasteiger partial charge in [0, 0.05) is 12.5 Å². The van der Waals surface area contributed by atoms with Crippen LogP contribution in [0.5, 0.6) is 0 Å². The summed E-state index contributed by atoms with van der Waals surface area (Å²) in [7, 11) is 2.63. The Morgan fingerprint density at radius 3 is 2.15 bits per heavy atom. The molecule has 0 aliphatic carbocycles. The first-order valence-electron chi connectivity index (χ1n) is 8.42. The van der Waals surface area contributed by atoms with Gasteiger partial charge in [0.25, 0.3) is 0 Å². The van der Waals surface area contributed by atoms with Gasteiger partial charge in [-0.05, 0) is 44.9 Å². The number of nitrogens with zero attached hydrogens (tertiary/aromatic N) is 1. The molecule has 0 unspecified atom stereocenters. The van der Waals surface area contributed by atoms with Crippen LogP contribution in [0.2, 0.25) is 0 Å². The fourth-order valence-electron chi connectivity index (χ4n) is 2.97. The summed E-state index contributed by atoms with van der Waals surface area (Å²) in [6.07, 6.45) is -0.106. The molecule has 1 aliphatic heterocycles. The van der Waals surface area contributed by atoms with Gasteiger partial charge in [0.05, 0.1) is 19.8 Å². The highest BCUT2D eigenvalue weighted by atomic mass is 16.6. The van der Waals surface area contributed by atoms with Gasteiger partial charge >= 0.3 is 18.0 Å². The first-order chi connectivity index (χ1) is 12.2. The number of rotatable bonds is 3. The topological polar surface area (TPSA) is 82.1 Å². The average molecular weight is 363 g/mol. The van der Waals surface area contributed by atoms with E-state index in [9.17, 15) is 14.4 Å². The normalized spacial score (nSPS) is 19.8. The second-order valence-electron chi connectivity index (χ2n) is 7.22. The minimum Gasteiger partial charge on any atom is -0.467 e. The van der Waals surface area contributed by atoms with Crippen LogP contribution in [-0.2, 0) is 19.0 Å². The molecule has 7 nitrogen and oxygen atoms in total. The van der Waals surface area contributed by atoms with E-state index in [1.54, 1.807) is 32.9 Å². The zero-order valence-corrected chi connectivity index (χ0v) is 15.8. The number of likely N-dealkylation sites (tertiary alicyclic amines) is 1. The van der Waals surface area contributed by atoms with Crippen molar-refractivity contribution >= 4 is 18.0 Å². The SMILES string of the molecule is COC(=O)c1ccc([C@@H]2C[C@@H](C(=O)OC)N(C(=O)OC(C)(C)C)C2)cc1. The van der Waals surface area contributed by atoms with Gasteiger partial charge in [-0.15, -0.1) is 0 Å². The number of ether oxygens (including phenoxy) is 3. The summed E-state index contributed by atoms with van der Waals surface area (Å²) in [6.45, 7) is 5.66. The first kappa shape index (κ1) is 19.8. The molecule has 1 heterocycles. The number of methoxy groups -OCH3 is 2. The van der Waals surface area contributed by atoms with Crippen molar-refractivity contribution in [3.63, 3.8) is 0 Å². The van der Waals surface area contributed by atoms with E-state index in [1.807, 2.05) is 12.1 Å². The zero-order chi connectivity index (χ0) is 19.5. The number of esters is 2. The fraction of sp³-hybridized carbons (Fsp3) is 0.526. The number of carbonyl (C=O) groups excluding carboxylic acids is 3. The van der Waals surface area contributed by atoms with E-state index in [0.717, 1.165) is 5.56 Å². The van der Waals surface area contributed by atoms with Crippen LogP contribution in [0, 0.1) is 0 Å². The lowest BCUT2D eigenvalue weighted by Crippen LogP contribution is -2.43. The van der Waals surface area contributed by atoms with E-state index in [-0.39, 0.29) is 5.92 Å². The van der Waals surface area contributed by atoms with Crippen LogP contribution >= 0.6 is 0 Å². The number of carbonyl (C=O) groups is 3. The van der Waals surface area contributed by atoms with Crippen molar-refractivity contribution in [1.29, 1.82) is 0 Å². The molecule has 0 spiro atoms. The Labute approximate surface area is 153 Å². The maximum Gasteiger partial charge on any atom is 0.411 e. The smallest absolute Gasteiger partial charge is 0.411 e. The van der Waals surface area contributed by atoms with E-state index in [1.165, 1.54) is 19.1 Å². The van der Waals surface area contributed by atoms with Gasteiger partial charge in [-0.3, -0.25) is 4.90 Å². The van der Waals surface area contributed by atoms with Crippen molar-refractivity contribution in [2.24, 2.45) is 0 Å². The Hall–Kier alpha value is -2.57. The summed E-state index contributed by atoms with van der Waals surface area (Å²) in [5.74, 6) is -0.936. The Kier molecular flexibility index (Phi) is 5.90. The summed E-state index contributed by atoms with van der Waals surface area (Å²) in [6, 6.07) is 6.27. The van der Waals surface area contributed by atoms with E-state index < -0.39 is 29.7 Å². The molecule has 2 atom stereocenters. The summed E-state index contributed by atoms with van der Waals surface area (Å²) in [5, 5.41) is 0. The minimum absolute atomic E-state index is 0.0571. The molecule has 7 heteroatoms. The van der Waals surface area contributed by atoms with Gasteiger partial charge in [0.2, 0.25) is 0 Å². The van der Waals surface area contributed by atoms with Crippen LogP contribution in [0.1, 0.15) is 49.0 Å². The molecule has 1 aromatic carbocycles. The van der Waals surface area contributed by atoms with Crippen LogP contribution in [0.15, 0.2) is 24.3 Å². The van der Waals surface area contributed by atoms with Crippen molar-refractivity contribution in [2.45, 2.75) is 44.8 Å². The van der Waals surface area contributed by atoms with E-state index in [0.29, 0.717) is 18.5 Å². The van der Waals surface area contributed by atoms with Crippen LogP contribution in [0.25, 0.3) is 0 Å². The molecule has 0 saturated carbocycles. The summed E-state index contributed by atoms with van der Waals surface area (Å²) in [5.41, 5.74) is 0.721. The second-order valence-corrected chi connectivity index (χ2v) is 7.22. The van der Waals surface area contributed by atoms with Gasteiger partial charge in [0.1, 0.15) is 11.6 Å². The Morgan fingerprint density at radius 1 is 1.04 bits per heavy atom. The number of amides is 1. The van der Waals surface area contributed by atoms with Gasteiger partial charge in [-0.25, -0.2) is 14.4 Å². The Bertz CT molecular complexity index is 676. The molecule has 0 radical (unpaired) electrons. The molecule has 1 aliphatic rings. The van der Waals surface area contributed by atoms with Crippen molar-refractivity contribution in [1.82, 2.24) is 4.90 Å². The molecule has 2 rings (SSSR count). The van der Waals surface area contributed by atoms with Crippen molar-refractivity contribution in [2.75, 3.05) is 20.8 Å². The first-order valence-corrected chi connectivity index (χ1v) is 8.42. The summed E-state index contributed by atoms with van der Waals surface area (Å²) >= 11 is 0. The van der Waals surface area contributed by atoms with Crippen molar-refractivity contribution < 1.29 is 28.6 Å². The molecule has 1 amide bonds. The highest BCUT2D eigenvalue weighted by Gasteiger charge is 2.42. The third-order valence-electron chi connectivity index (χ3n) is 4.21. The van der Waals surface area contributed by atoms with Gasteiger partial charge in [0.15, 0.2) is 0 Å². The number of hydrogen-bond acceptors (Lipinski definition) is 6. The van der Waals surface area contributed by atoms with Gasteiger partial charge in [-0.2, -0.15) is 0 Å². The molecule has 1 fully saturated rings. The molecular weight excluding hydrogens is 338 g/mol. The largest absolute Gasteiger partial charge is 0.467 e. The van der Waals surface area contributed by atoms with E-state index in [2.05, 4.69) is 0 Å². The van der Waals surface area contributed by atoms with Crippen LogP contribution in [0.3, 0.4) is 0 Å². The highest BCUT2D eigenvalue weighted by molar-refractivity contribution is 5.89. The molecule has 142 valence electrons. The van der Waals surface area contributed by atoms with Crippen LogP contribution in [0.4, 0.5) is 4.79 Å². The summed E-state index contributed by atoms with van der Waals surface area (Å²) in [4.78, 5) is 37.6. The lowest BCUT2D eigenvalue weighted by Gasteiger charge is -2.27. The van der Waals surface area contributed by atoms with E-state index in [4.69, 9.17) is 14.2 Å². The molecule has 0 bridgehead atoms. The third kappa shape index (κ3) is 4.53. The monoisotopic (exact) mass is 363 g/mol. The average Bonchev–Trinajstić information content (AvgIpc) is 3.04. The fourth-order valence-corrected chi connectivity index (χ4v) is 2.97. The highest BCUT2D eigenvalue weighted by Crippen LogP contribution is 2.33. The molecular formula is C19H25NO6.